The summed E-state index contributed by atoms with van der Waals surface area (Å²) in [7, 11) is 0. The average Bonchev–Trinajstić information content (AvgIpc) is 2.59. The second-order valence-electron chi connectivity index (χ2n) is 4.85. The van der Waals surface area contributed by atoms with E-state index in [2.05, 4.69) is 14.8 Å². The normalized spacial score (nSPS) is 26.1. The minimum Gasteiger partial charge on any atom is -0.330 e. The largest absolute Gasteiger partial charge is 0.330 e. The monoisotopic (exact) mass is 206 g/mol. The van der Waals surface area contributed by atoms with Crippen LogP contribution in [0.15, 0.2) is 0 Å². The molecule has 4 nitrogen and oxygen atoms in total. The van der Waals surface area contributed by atoms with Gasteiger partial charge in [0.2, 0.25) is 0 Å². The fourth-order valence-corrected chi connectivity index (χ4v) is 2.58. The van der Waals surface area contributed by atoms with Crippen LogP contribution in [-0.4, -0.2) is 21.3 Å². The number of hydrogen-bond acceptors (Lipinski definition) is 3. The fraction of sp³-hybridized carbons (Fsp3) is 0.818. The van der Waals surface area contributed by atoms with Crippen LogP contribution in [0.5, 0.6) is 0 Å². The minimum absolute atomic E-state index is 0.632. The summed E-state index contributed by atoms with van der Waals surface area (Å²) >= 11 is 0. The molecular formula is C11H18N4. The quantitative estimate of drug-likeness (QED) is 0.787. The molecular weight excluding hydrogens is 188 g/mol. The van der Waals surface area contributed by atoms with Crippen LogP contribution in [0.25, 0.3) is 0 Å². The van der Waals surface area contributed by atoms with Crippen LogP contribution in [0.2, 0.25) is 0 Å². The van der Waals surface area contributed by atoms with Gasteiger partial charge in [-0.25, -0.2) is 0 Å². The van der Waals surface area contributed by atoms with E-state index in [4.69, 9.17) is 5.73 Å². The van der Waals surface area contributed by atoms with E-state index in [9.17, 15) is 0 Å². The van der Waals surface area contributed by atoms with Crippen molar-refractivity contribution in [2.75, 3.05) is 6.54 Å². The summed E-state index contributed by atoms with van der Waals surface area (Å²) in [5, 5.41) is 8.66. The van der Waals surface area contributed by atoms with Gasteiger partial charge in [0.05, 0.1) is 0 Å². The molecule has 4 heteroatoms. The second kappa shape index (κ2) is 3.59. The van der Waals surface area contributed by atoms with Gasteiger partial charge in [-0.3, -0.25) is 0 Å². The molecule has 2 aliphatic rings. The third kappa shape index (κ3) is 1.47. The van der Waals surface area contributed by atoms with Crippen LogP contribution < -0.4 is 5.73 Å². The maximum absolute atomic E-state index is 5.75. The van der Waals surface area contributed by atoms with E-state index in [0.717, 1.165) is 19.5 Å². The van der Waals surface area contributed by atoms with Gasteiger partial charge in [0, 0.05) is 18.9 Å². The maximum atomic E-state index is 5.75. The first kappa shape index (κ1) is 9.33. The van der Waals surface area contributed by atoms with E-state index < -0.39 is 0 Å². The van der Waals surface area contributed by atoms with Crippen molar-refractivity contribution in [3.63, 3.8) is 0 Å². The van der Waals surface area contributed by atoms with Crippen molar-refractivity contribution in [2.45, 2.75) is 44.6 Å². The first-order valence-corrected chi connectivity index (χ1v) is 6.00. The summed E-state index contributed by atoms with van der Waals surface area (Å²) in [5.41, 5.74) is 5.75. The molecule has 0 saturated heterocycles. The van der Waals surface area contributed by atoms with Gasteiger partial charge in [0.1, 0.15) is 11.6 Å². The first-order chi connectivity index (χ1) is 7.38. The standard InChI is InChI=1S/C11H18N4/c12-6-8-4-5-10-13-14-11(15(10)7-8)9-2-1-3-9/h8-9H,1-7,12H2. The third-order valence-corrected chi connectivity index (χ3v) is 3.88. The van der Waals surface area contributed by atoms with Crippen molar-refractivity contribution in [1.29, 1.82) is 0 Å². The Bertz CT molecular complexity index is 353. The lowest BCUT2D eigenvalue weighted by molar-refractivity contribution is 0.334. The van der Waals surface area contributed by atoms with E-state index in [1.807, 2.05) is 0 Å². The Balaban J connectivity index is 1.88. The molecule has 2 N–H and O–H groups in total. The van der Waals surface area contributed by atoms with E-state index in [1.165, 1.54) is 37.3 Å². The summed E-state index contributed by atoms with van der Waals surface area (Å²) in [5.74, 6) is 3.73. The third-order valence-electron chi connectivity index (χ3n) is 3.88. The van der Waals surface area contributed by atoms with Gasteiger partial charge in [-0.15, -0.1) is 10.2 Å². The lowest BCUT2D eigenvalue weighted by atomic mass is 9.84. The number of hydrogen-bond donors (Lipinski definition) is 1. The van der Waals surface area contributed by atoms with Crippen LogP contribution in [0.3, 0.4) is 0 Å². The molecule has 3 rings (SSSR count). The summed E-state index contributed by atoms with van der Waals surface area (Å²) < 4.78 is 2.34. The molecule has 1 fully saturated rings. The van der Waals surface area contributed by atoms with Crippen molar-refractivity contribution in [3.8, 4) is 0 Å². The Morgan fingerprint density at radius 3 is 2.80 bits per heavy atom. The molecule has 0 radical (unpaired) electrons. The molecule has 0 spiro atoms. The van der Waals surface area contributed by atoms with Crippen LogP contribution >= 0.6 is 0 Å². The molecule has 1 unspecified atom stereocenters. The predicted octanol–water partition coefficient (Wildman–Crippen LogP) is 1.07. The highest BCUT2D eigenvalue weighted by molar-refractivity contribution is 5.07. The highest BCUT2D eigenvalue weighted by Gasteiger charge is 2.29. The van der Waals surface area contributed by atoms with Crippen LogP contribution in [0.1, 0.15) is 43.3 Å². The van der Waals surface area contributed by atoms with Gasteiger partial charge in [-0.2, -0.15) is 0 Å². The molecule has 1 aromatic rings. The Kier molecular flexibility index (Phi) is 2.24. The van der Waals surface area contributed by atoms with Gasteiger partial charge in [-0.1, -0.05) is 6.42 Å². The number of nitrogens with zero attached hydrogens (tertiary/aromatic N) is 3. The van der Waals surface area contributed by atoms with Crippen LogP contribution in [0.4, 0.5) is 0 Å². The van der Waals surface area contributed by atoms with Crippen molar-refractivity contribution in [2.24, 2.45) is 11.7 Å². The Hall–Kier alpha value is -0.900. The van der Waals surface area contributed by atoms with Gasteiger partial charge < -0.3 is 10.3 Å². The lowest BCUT2D eigenvalue weighted by Crippen LogP contribution is -2.28. The number of rotatable bonds is 2. The molecule has 1 aliphatic heterocycles. The fourth-order valence-electron chi connectivity index (χ4n) is 2.58. The van der Waals surface area contributed by atoms with E-state index in [0.29, 0.717) is 11.8 Å². The van der Waals surface area contributed by atoms with Crippen LogP contribution in [0, 0.1) is 5.92 Å². The van der Waals surface area contributed by atoms with Crippen LogP contribution in [-0.2, 0) is 13.0 Å². The SMILES string of the molecule is NCC1CCc2nnc(C3CCC3)n2C1. The zero-order valence-electron chi connectivity index (χ0n) is 9.02. The van der Waals surface area contributed by atoms with Gasteiger partial charge in [-0.05, 0) is 31.7 Å². The zero-order valence-corrected chi connectivity index (χ0v) is 9.02. The molecule has 0 aromatic carbocycles. The minimum atomic E-state index is 0.632. The molecule has 2 heterocycles. The summed E-state index contributed by atoms with van der Waals surface area (Å²) in [4.78, 5) is 0. The molecule has 0 amide bonds. The molecule has 0 bridgehead atoms. The van der Waals surface area contributed by atoms with Gasteiger partial charge in [0.25, 0.3) is 0 Å². The number of aromatic nitrogens is 3. The summed E-state index contributed by atoms with van der Waals surface area (Å²) in [6.07, 6.45) is 6.19. The van der Waals surface area contributed by atoms with E-state index in [-0.39, 0.29) is 0 Å². The highest BCUT2D eigenvalue weighted by atomic mass is 15.3. The molecule has 1 aliphatic carbocycles. The summed E-state index contributed by atoms with van der Waals surface area (Å²) in [6, 6.07) is 0. The van der Waals surface area contributed by atoms with E-state index >= 15 is 0 Å². The summed E-state index contributed by atoms with van der Waals surface area (Å²) in [6.45, 7) is 1.84. The molecule has 1 atom stereocenters. The number of fused-ring (bicyclic) bond motifs is 1. The lowest BCUT2D eigenvalue weighted by Gasteiger charge is -2.28. The average molecular weight is 206 g/mol. The first-order valence-electron chi connectivity index (χ1n) is 6.00. The predicted molar refractivity (Wildman–Crippen MR) is 57.5 cm³/mol. The number of nitrogens with two attached hydrogens (primary N) is 1. The Morgan fingerprint density at radius 2 is 2.13 bits per heavy atom. The second-order valence-corrected chi connectivity index (χ2v) is 4.85. The van der Waals surface area contributed by atoms with Crippen molar-refractivity contribution in [1.82, 2.24) is 14.8 Å². The molecule has 82 valence electrons. The van der Waals surface area contributed by atoms with Crippen molar-refractivity contribution in [3.05, 3.63) is 11.6 Å². The van der Waals surface area contributed by atoms with Gasteiger partial charge in [0.15, 0.2) is 0 Å². The smallest absolute Gasteiger partial charge is 0.136 e. The number of aryl methyl sites for hydroxylation is 1. The van der Waals surface area contributed by atoms with E-state index in [1.54, 1.807) is 0 Å². The Morgan fingerprint density at radius 1 is 1.27 bits per heavy atom. The Labute approximate surface area is 89.9 Å². The molecule has 1 aromatic heterocycles. The highest BCUT2D eigenvalue weighted by Crippen LogP contribution is 2.36. The zero-order chi connectivity index (χ0) is 10.3. The van der Waals surface area contributed by atoms with Gasteiger partial charge >= 0.3 is 0 Å². The van der Waals surface area contributed by atoms with Crippen molar-refractivity contribution < 1.29 is 0 Å². The molecule has 15 heavy (non-hydrogen) atoms. The topological polar surface area (TPSA) is 56.7 Å². The maximum Gasteiger partial charge on any atom is 0.136 e. The van der Waals surface area contributed by atoms with Crippen molar-refractivity contribution >= 4 is 0 Å². The molecule has 1 saturated carbocycles.